The number of amidine groups is 1. The molecule has 0 aliphatic heterocycles. The molecule has 0 heterocycles. The van der Waals surface area contributed by atoms with Gasteiger partial charge in [0, 0.05) is 5.56 Å². The minimum atomic E-state index is 0.480. The second-order valence-corrected chi connectivity index (χ2v) is 15.2. The molecular weight excluding hydrogens is 725 g/mol. The molecule has 0 saturated heterocycles. The molecule has 0 bridgehead atoms. The average Bonchev–Trinajstić information content (AvgIpc) is 3.33. The molecule has 0 radical (unpaired) electrons. The van der Waals surface area contributed by atoms with Crippen molar-refractivity contribution >= 4 is 43.9 Å². The fourth-order valence-corrected chi connectivity index (χ4v) is 8.66. The molecule has 10 aromatic carbocycles. The summed E-state index contributed by atoms with van der Waals surface area (Å²) in [6.45, 7) is 0. The Morgan fingerprint density at radius 2 is 0.933 bits per heavy atom. The molecule has 0 aromatic heterocycles. The fourth-order valence-electron chi connectivity index (χ4n) is 8.66. The zero-order valence-electron chi connectivity index (χ0n) is 33.2. The van der Waals surface area contributed by atoms with Crippen molar-refractivity contribution in [3.63, 3.8) is 0 Å². The number of fused-ring (bicyclic) bond motifs is 4. The Morgan fingerprint density at radius 3 is 1.62 bits per heavy atom. The molecule has 0 unspecified atom stereocenters. The van der Waals surface area contributed by atoms with E-state index in [-0.39, 0.29) is 0 Å². The second-order valence-electron chi connectivity index (χ2n) is 15.2. The number of hydrogen-bond acceptors (Lipinski definition) is 1. The van der Waals surface area contributed by atoms with Crippen LogP contribution < -0.4 is 5.73 Å². The third-order valence-electron chi connectivity index (χ3n) is 11.6. The minimum absolute atomic E-state index is 0.480. The van der Waals surface area contributed by atoms with Crippen LogP contribution in [0, 0.1) is 0 Å². The summed E-state index contributed by atoms with van der Waals surface area (Å²) >= 11 is 0. The second kappa shape index (κ2) is 16.2. The predicted molar refractivity (Wildman–Crippen MR) is 256 cm³/mol. The maximum atomic E-state index is 6.78. The Morgan fingerprint density at radius 1 is 0.400 bits per heavy atom. The lowest BCUT2D eigenvalue weighted by atomic mass is 9.84. The van der Waals surface area contributed by atoms with Crippen LogP contribution in [0.3, 0.4) is 0 Å². The number of nitrogens with two attached hydrogens (primary N) is 1. The van der Waals surface area contributed by atoms with Gasteiger partial charge in [0.25, 0.3) is 0 Å². The highest BCUT2D eigenvalue weighted by Crippen LogP contribution is 2.46. The van der Waals surface area contributed by atoms with Gasteiger partial charge in [0.2, 0.25) is 0 Å². The van der Waals surface area contributed by atoms with Crippen LogP contribution in [-0.4, -0.2) is 5.84 Å². The van der Waals surface area contributed by atoms with E-state index >= 15 is 0 Å². The molecule has 0 atom stereocenters. The van der Waals surface area contributed by atoms with Crippen LogP contribution in [0.25, 0.3) is 82.5 Å². The van der Waals surface area contributed by atoms with Crippen molar-refractivity contribution in [2.75, 3.05) is 0 Å². The zero-order valence-corrected chi connectivity index (χ0v) is 33.2. The third-order valence-corrected chi connectivity index (χ3v) is 11.6. The van der Waals surface area contributed by atoms with Gasteiger partial charge in [-0.2, -0.15) is 0 Å². The van der Waals surface area contributed by atoms with Crippen LogP contribution in [0.5, 0.6) is 0 Å². The number of hydrogen-bond donors (Lipinski definition) is 1. The summed E-state index contributed by atoms with van der Waals surface area (Å²) < 4.78 is 0. The highest BCUT2D eigenvalue weighted by Gasteiger charge is 2.19. The summed E-state index contributed by atoms with van der Waals surface area (Å²) in [6.07, 6.45) is 2.89. The maximum absolute atomic E-state index is 6.78. The van der Waals surface area contributed by atoms with Gasteiger partial charge in [-0.25, -0.2) is 4.99 Å². The lowest BCUT2D eigenvalue weighted by Crippen LogP contribution is -2.13. The SMILES string of the molecule is NC(=N/C(=C\Cc1ccc(-c2ccccc2)cc1-c1ccccc1)c1ccc(-c2c3ccccc3c(-c3ccccc3)c3ccc4ccccc4c23)cc1)c1ccccc1. The van der Waals surface area contributed by atoms with Gasteiger partial charge in [-0.1, -0.05) is 224 Å². The standard InChI is InChI=1S/C58H42N2/c59-58(47-24-11-4-12-25-47)60-54(38-36-43-29-34-48(40-17-5-1-6-18-40)39-53(43)41-19-7-2-8-20-41)44-30-32-46(33-31-44)56-51-28-16-15-27-50(51)55(45-22-9-3-10-23-45)52-37-35-42-21-13-14-26-49(42)57(52)56/h1-35,37-39H,36H2,(H2,59,60)/b54-38-. The van der Waals surface area contributed by atoms with E-state index in [4.69, 9.17) is 10.7 Å². The zero-order chi connectivity index (χ0) is 40.3. The van der Waals surface area contributed by atoms with Crippen molar-refractivity contribution in [1.29, 1.82) is 0 Å². The first-order valence-corrected chi connectivity index (χ1v) is 20.6. The highest BCUT2D eigenvalue weighted by molar-refractivity contribution is 6.27. The maximum Gasteiger partial charge on any atom is 0.131 e. The van der Waals surface area contributed by atoms with E-state index in [1.54, 1.807) is 0 Å². The molecule has 10 rings (SSSR count). The predicted octanol–water partition coefficient (Wildman–Crippen LogP) is 14.8. The fraction of sp³-hybridized carbons (Fsp3) is 0.0172. The molecule has 0 amide bonds. The van der Waals surface area contributed by atoms with Crippen molar-refractivity contribution in [2.45, 2.75) is 6.42 Å². The van der Waals surface area contributed by atoms with Crippen molar-refractivity contribution in [2.24, 2.45) is 10.7 Å². The molecule has 0 spiro atoms. The van der Waals surface area contributed by atoms with Crippen LogP contribution in [0.2, 0.25) is 0 Å². The number of aliphatic imine (C=N–C) groups is 1. The molecule has 284 valence electrons. The Labute approximate surface area is 351 Å². The summed E-state index contributed by atoms with van der Waals surface area (Å²) in [4.78, 5) is 5.14. The third kappa shape index (κ3) is 7.06. The van der Waals surface area contributed by atoms with Gasteiger partial charge < -0.3 is 5.73 Å². The summed E-state index contributed by atoms with van der Waals surface area (Å²) in [6, 6.07) is 79.9. The summed E-state index contributed by atoms with van der Waals surface area (Å²) in [5.41, 5.74) is 20.3. The highest BCUT2D eigenvalue weighted by atomic mass is 14.9. The smallest absolute Gasteiger partial charge is 0.131 e. The largest absolute Gasteiger partial charge is 0.383 e. The van der Waals surface area contributed by atoms with Gasteiger partial charge >= 0.3 is 0 Å². The Hall–Kier alpha value is -7.81. The van der Waals surface area contributed by atoms with Gasteiger partial charge in [-0.3, -0.25) is 0 Å². The number of allylic oxidation sites excluding steroid dienone is 1. The first kappa shape index (κ1) is 36.5. The van der Waals surface area contributed by atoms with Gasteiger partial charge in [-0.15, -0.1) is 0 Å². The molecule has 2 N–H and O–H groups in total. The van der Waals surface area contributed by atoms with E-state index < -0.39 is 0 Å². The van der Waals surface area contributed by atoms with Gasteiger partial charge in [0.1, 0.15) is 5.84 Å². The van der Waals surface area contributed by atoms with Gasteiger partial charge in [-0.05, 0) is 100 Å². The van der Waals surface area contributed by atoms with Crippen molar-refractivity contribution in [3.05, 3.63) is 247 Å². The van der Waals surface area contributed by atoms with Crippen molar-refractivity contribution < 1.29 is 0 Å². The summed E-state index contributed by atoms with van der Waals surface area (Å²) in [7, 11) is 0. The molecule has 0 saturated carbocycles. The number of benzene rings is 10. The molecular formula is C58H42N2. The molecule has 2 nitrogen and oxygen atoms in total. The van der Waals surface area contributed by atoms with Crippen LogP contribution in [0.4, 0.5) is 0 Å². The molecule has 0 aliphatic carbocycles. The molecule has 2 heteroatoms. The molecule has 0 aliphatic rings. The lowest BCUT2D eigenvalue weighted by Gasteiger charge is -2.19. The lowest BCUT2D eigenvalue weighted by molar-refractivity contribution is 1.26. The molecule has 10 aromatic rings. The monoisotopic (exact) mass is 766 g/mol. The van der Waals surface area contributed by atoms with Gasteiger partial charge in [0.05, 0.1) is 5.70 Å². The summed E-state index contributed by atoms with van der Waals surface area (Å²) in [5.74, 6) is 0.480. The van der Waals surface area contributed by atoms with E-state index in [9.17, 15) is 0 Å². The Balaban J connectivity index is 1.13. The number of nitrogens with zero attached hydrogens (tertiary/aromatic N) is 1. The van der Waals surface area contributed by atoms with Crippen LogP contribution >= 0.6 is 0 Å². The van der Waals surface area contributed by atoms with E-state index in [2.05, 4.69) is 200 Å². The first-order chi connectivity index (χ1) is 29.7. The normalized spacial score (nSPS) is 12.0. The number of rotatable bonds is 9. The Bertz CT molecular complexity index is 3190. The van der Waals surface area contributed by atoms with E-state index in [1.807, 2.05) is 30.3 Å². The van der Waals surface area contributed by atoms with Crippen LogP contribution in [0.1, 0.15) is 16.7 Å². The van der Waals surface area contributed by atoms with E-state index in [0.717, 1.165) is 22.4 Å². The van der Waals surface area contributed by atoms with Crippen LogP contribution in [0.15, 0.2) is 236 Å². The topological polar surface area (TPSA) is 38.4 Å². The van der Waals surface area contributed by atoms with E-state index in [1.165, 1.54) is 76.8 Å². The van der Waals surface area contributed by atoms with Gasteiger partial charge in [0.15, 0.2) is 0 Å². The van der Waals surface area contributed by atoms with E-state index in [0.29, 0.717) is 12.3 Å². The first-order valence-electron chi connectivity index (χ1n) is 20.6. The average molecular weight is 767 g/mol. The summed E-state index contributed by atoms with van der Waals surface area (Å²) in [5, 5.41) is 7.42. The van der Waals surface area contributed by atoms with Crippen molar-refractivity contribution in [1.82, 2.24) is 0 Å². The molecule has 0 fully saturated rings. The minimum Gasteiger partial charge on any atom is -0.383 e. The Kier molecular flexibility index (Phi) is 9.87. The van der Waals surface area contributed by atoms with Crippen molar-refractivity contribution in [3.8, 4) is 44.5 Å². The molecule has 60 heavy (non-hydrogen) atoms. The van der Waals surface area contributed by atoms with Crippen LogP contribution in [-0.2, 0) is 6.42 Å². The quantitative estimate of drug-likeness (QED) is 0.0676.